The first-order valence-electron chi connectivity index (χ1n) is 7.90. The van der Waals surface area contributed by atoms with Crippen molar-refractivity contribution in [2.24, 2.45) is 0 Å². The van der Waals surface area contributed by atoms with Crippen molar-refractivity contribution in [2.75, 3.05) is 19.8 Å². The normalized spacial score (nSPS) is 11.0. The standard InChI is InChI=1S/C19H24O4/c1-4-21-19(22-5-2)13-23-16-11-9-15(10-12-16)17-7-6-8-18(20)14(17)3/h6-12,19-20H,4-5,13H2,1-3H3. The molecule has 2 aromatic rings. The lowest BCUT2D eigenvalue weighted by molar-refractivity contribution is -0.152. The highest BCUT2D eigenvalue weighted by Crippen LogP contribution is 2.30. The molecule has 2 aromatic carbocycles. The molecule has 0 saturated heterocycles. The van der Waals surface area contributed by atoms with Gasteiger partial charge in [0.1, 0.15) is 18.1 Å². The molecule has 0 aliphatic rings. The van der Waals surface area contributed by atoms with Crippen LogP contribution in [-0.2, 0) is 9.47 Å². The van der Waals surface area contributed by atoms with Crippen LogP contribution in [0.5, 0.6) is 11.5 Å². The van der Waals surface area contributed by atoms with Gasteiger partial charge in [0.15, 0.2) is 6.29 Å². The van der Waals surface area contributed by atoms with Gasteiger partial charge in [0.2, 0.25) is 0 Å². The van der Waals surface area contributed by atoms with Crippen LogP contribution in [0.2, 0.25) is 0 Å². The third-order valence-corrected chi connectivity index (χ3v) is 3.56. The molecule has 2 rings (SSSR count). The summed E-state index contributed by atoms with van der Waals surface area (Å²) in [5.41, 5.74) is 2.92. The Morgan fingerprint density at radius 3 is 2.22 bits per heavy atom. The van der Waals surface area contributed by atoms with Crippen LogP contribution in [0, 0.1) is 6.92 Å². The van der Waals surface area contributed by atoms with Crippen molar-refractivity contribution in [1.82, 2.24) is 0 Å². The van der Waals surface area contributed by atoms with Crippen molar-refractivity contribution >= 4 is 0 Å². The first-order chi connectivity index (χ1) is 11.2. The summed E-state index contributed by atoms with van der Waals surface area (Å²) >= 11 is 0. The second-order valence-electron chi connectivity index (χ2n) is 5.13. The SMILES string of the molecule is CCOC(COc1ccc(-c2cccc(O)c2C)cc1)OCC. The summed E-state index contributed by atoms with van der Waals surface area (Å²) in [4.78, 5) is 0. The van der Waals surface area contributed by atoms with E-state index in [1.165, 1.54) is 0 Å². The van der Waals surface area contributed by atoms with E-state index in [-0.39, 0.29) is 6.29 Å². The molecule has 0 heterocycles. The highest BCUT2D eigenvalue weighted by Gasteiger charge is 2.09. The zero-order valence-corrected chi connectivity index (χ0v) is 13.9. The molecule has 0 bridgehead atoms. The topological polar surface area (TPSA) is 47.9 Å². The maximum Gasteiger partial charge on any atom is 0.191 e. The number of phenols is 1. The Kier molecular flexibility index (Phi) is 6.44. The molecule has 0 aromatic heterocycles. The monoisotopic (exact) mass is 316 g/mol. The molecule has 124 valence electrons. The van der Waals surface area contributed by atoms with Crippen LogP contribution in [0.25, 0.3) is 11.1 Å². The van der Waals surface area contributed by atoms with Crippen molar-refractivity contribution in [1.29, 1.82) is 0 Å². The van der Waals surface area contributed by atoms with Gasteiger partial charge in [-0.05, 0) is 55.7 Å². The average Bonchev–Trinajstić information content (AvgIpc) is 2.56. The molecule has 0 amide bonds. The summed E-state index contributed by atoms with van der Waals surface area (Å²) in [6.45, 7) is 7.29. The lowest BCUT2D eigenvalue weighted by Gasteiger charge is -2.17. The van der Waals surface area contributed by atoms with Crippen LogP contribution in [0.15, 0.2) is 42.5 Å². The summed E-state index contributed by atoms with van der Waals surface area (Å²) in [6.07, 6.45) is -0.349. The van der Waals surface area contributed by atoms with E-state index in [0.717, 1.165) is 22.4 Å². The van der Waals surface area contributed by atoms with Crippen molar-refractivity contribution in [2.45, 2.75) is 27.1 Å². The van der Waals surface area contributed by atoms with Crippen LogP contribution < -0.4 is 4.74 Å². The van der Waals surface area contributed by atoms with E-state index in [2.05, 4.69) is 0 Å². The molecular weight excluding hydrogens is 292 g/mol. The van der Waals surface area contributed by atoms with E-state index < -0.39 is 0 Å². The number of ether oxygens (including phenoxy) is 3. The van der Waals surface area contributed by atoms with E-state index >= 15 is 0 Å². The third-order valence-electron chi connectivity index (χ3n) is 3.56. The Morgan fingerprint density at radius 2 is 1.61 bits per heavy atom. The zero-order chi connectivity index (χ0) is 16.7. The Bertz CT molecular complexity index is 601. The minimum atomic E-state index is -0.349. The van der Waals surface area contributed by atoms with E-state index in [9.17, 15) is 5.11 Å². The summed E-state index contributed by atoms with van der Waals surface area (Å²) in [7, 11) is 0. The van der Waals surface area contributed by atoms with Crippen LogP contribution >= 0.6 is 0 Å². The first-order valence-corrected chi connectivity index (χ1v) is 7.90. The van der Waals surface area contributed by atoms with Gasteiger partial charge in [-0.3, -0.25) is 0 Å². The molecule has 0 spiro atoms. The van der Waals surface area contributed by atoms with Gasteiger partial charge >= 0.3 is 0 Å². The summed E-state index contributed by atoms with van der Waals surface area (Å²) < 4.78 is 16.6. The molecule has 1 N–H and O–H groups in total. The summed E-state index contributed by atoms with van der Waals surface area (Å²) in [6, 6.07) is 13.3. The number of benzene rings is 2. The fourth-order valence-corrected chi connectivity index (χ4v) is 2.35. The van der Waals surface area contributed by atoms with Gasteiger partial charge in [-0.2, -0.15) is 0 Å². The van der Waals surface area contributed by atoms with Crippen molar-refractivity contribution in [3.05, 3.63) is 48.0 Å². The smallest absolute Gasteiger partial charge is 0.191 e. The van der Waals surface area contributed by atoms with Crippen LogP contribution in [0.1, 0.15) is 19.4 Å². The number of rotatable bonds is 8. The molecule has 0 unspecified atom stereocenters. The number of phenolic OH excluding ortho intramolecular Hbond substituents is 1. The van der Waals surface area contributed by atoms with Gasteiger partial charge in [-0.1, -0.05) is 24.3 Å². The molecular formula is C19H24O4. The average molecular weight is 316 g/mol. The largest absolute Gasteiger partial charge is 0.508 e. The van der Waals surface area contributed by atoms with E-state index in [0.29, 0.717) is 25.6 Å². The number of hydrogen-bond donors (Lipinski definition) is 1. The van der Waals surface area contributed by atoms with Gasteiger partial charge in [0, 0.05) is 13.2 Å². The second kappa shape index (κ2) is 8.56. The van der Waals surface area contributed by atoms with Gasteiger partial charge < -0.3 is 19.3 Å². The van der Waals surface area contributed by atoms with E-state index in [1.54, 1.807) is 6.07 Å². The first kappa shape index (κ1) is 17.3. The van der Waals surface area contributed by atoms with E-state index in [4.69, 9.17) is 14.2 Å². The maximum absolute atomic E-state index is 9.81. The Morgan fingerprint density at radius 1 is 0.957 bits per heavy atom. The predicted molar refractivity (Wildman–Crippen MR) is 90.8 cm³/mol. The van der Waals surface area contributed by atoms with Crippen molar-refractivity contribution in [3.8, 4) is 22.6 Å². The highest BCUT2D eigenvalue weighted by atomic mass is 16.7. The third kappa shape index (κ3) is 4.71. The second-order valence-corrected chi connectivity index (χ2v) is 5.13. The molecule has 4 heteroatoms. The minimum absolute atomic E-state index is 0.305. The van der Waals surface area contributed by atoms with Crippen LogP contribution in [-0.4, -0.2) is 31.2 Å². The van der Waals surface area contributed by atoms with E-state index in [1.807, 2.05) is 57.2 Å². The van der Waals surface area contributed by atoms with Gasteiger partial charge in [-0.15, -0.1) is 0 Å². The lowest BCUT2D eigenvalue weighted by atomic mass is 10.00. The summed E-state index contributed by atoms with van der Waals surface area (Å²) in [5, 5.41) is 9.81. The molecule has 0 radical (unpaired) electrons. The molecule has 0 saturated carbocycles. The Balaban J connectivity index is 2.03. The Hall–Kier alpha value is -2.04. The molecule has 0 fully saturated rings. The summed E-state index contributed by atoms with van der Waals surface area (Å²) in [5.74, 6) is 1.06. The Labute approximate surface area is 137 Å². The number of hydrogen-bond acceptors (Lipinski definition) is 4. The maximum atomic E-state index is 9.81. The van der Waals surface area contributed by atoms with Crippen LogP contribution in [0.3, 0.4) is 0 Å². The lowest BCUT2D eigenvalue weighted by Crippen LogP contribution is -2.25. The van der Waals surface area contributed by atoms with Crippen molar-refractivity contribution < 1.29 is 19.3 Å². The molecule has 23 heavy (non-hydrogen) atoms. The van der Waals surface area contributed by atoms with Crippen molar-refractivity contribution in [3.63, 3.8) is 0 Å². The molecule has 0 aliphatic heterocycles. The highest BCUT2D eigenvalue weighted by molar-refractivity contribution is 5.70. The molecule has 4 nitrogen and oxygen atoms in total. The fraction of sp³-hybridized carbons (Fsp3) is 0.368. The zero-order valence-electron chi connectivity index (χ0n) is 13.9. The van der Waals surface area contributed by atoms with Gasteiger partial charge in [-0.25, -0.2) is 0 Å². The number of aromatic hydroxyl groups is 1. The quantitative estimate of drug-likeness (QED) is 0.743. The van der Waals surface area contributed by atoms with Crippen LogP contribution in [0.4, 0.5) is 0 Å². The molecule has 0 aliphatic carbocycles. The fourth-order valence-electron chi connectivity index (χ4n) is 2.35. The predicted octanol–water partition coefficient (Wildman–Crippen LogP) is 4.15. The molecule has 0 atom stereocenters. The van der Waals surface area contributed by atoms with Gasteiger partial charge in [0.05, 0.1) is 0 Å². The minimum Gasteiger partial charge on any atom is -0.508 e. The van der Waals surface area contributed by atoms with Gasteiger partial charge in [0.25, 0.3) is 0 Å².